The summed E-state index contributed by atoms with van der Waals surface area (Å²) in [5, 5.41) is 0. The molecule has 0 bridgehead atoms. The quantitative estimate of drug-likeness (QED) is 0.536. The van der Waals surface area contributed by atoms with Crippen LogP contribution in [0.1, 0.15) is 19.4 Å². The van der Waals surface area contributed by atoms with Gasteiger partial charge in [0, 0.05) is 18.7 Å². The molecule has 0 aliphatic rings. The first-order valence-corrected chi connectivity index (χ1v) is 10.2. The lowest BCUT2D eigenvalue weighted by Gasteiger charge is -2.37. The highest BCUT2D eigenvalue weighted by atomic mass is 32.2. The van der Waals surface area contributed by atoms with Crippen LogP contribution in [-0.4, -0.2) is 33.9 Å². The average molecular weight is 455 g/mol. The molecule has 0 aromatic heterocycles. The van der Waals surface area contributed by atoms with E-state index in [1.165, 1.54) is 31.2 Å². The number of halogens is 6. The monoisotopic (exact) mass is 455 g/mol. The van der Waals surface area contributed by atoms with Crippen LogP contribution in [0, 0.1) is 0 Å². The zero-order valence-corrected chi connectivity index (χ0v) is 16.8. The van der Waals surface area contributed by atoms with Crippen LogP contribution >= 0.6 is 0 Å². The fraction of sp³-hybridized carbons (Fsp3) is 0.368. The molecule has 166 valence electrons. The predicted molar refractivity (Wildman–Crippen MR) is 98.5 cm³/mol. The second-order valence-electron chi connectivity index (χ2n) is 6.14. The lowest BCUT2D eigenvalue weighted by Crippen LogP contribution is -2.56. The summed E-state index contributed by atoms with van der Waals surface area (Å²) in [4.78, 5) is -0.0647. The Bertz CT molecular complexity index is 927. The molecule has 4 nitrogen and oxygen atoms in total. The van der Waals surface area contributed by atoms with Crippen molar-refractivity contribution in [1.82, 2.24) is 0 Å². The Morgan fingerprint density at radius 1 is 0.833 bits per heavy atom. The van der Waals surface area contributed by atoms with E-state index in [2.05, 4.69) is 4.74 Å². The van der Waals surface area contributed by atoms with E-state index in [1.807, 2.05) is 0 Å². The van der Waals surface area contributed by atoms with Crippen LogP contribution in [0.25, 0.3) is 0 Å². The molecule has 0 unspecified atom stereocenters. The van der Waals surface area contributed by atoms with E-state index in [-0.39, 0.29) is 17.1 Å². The van der Waals surface area contributed by atoms with Crippen molar-refractivity contribution in [3.8, 4) is 0 Å². The Hall–Kier alpha value is -2.27. The van der Waals surface area contributed by atoms with Crippen LogP contribution in [0.2, 0.25) is 0 Å². The maximum atomic E-state index is 13.5. The molecule has 0 aliphatic heterocycles. The highest BCUT2D eigenvalue weighted by Gasteiger charge is 2.73. The molecule has 2 aromatic carbocycles. The molecule has 0 N–H and O–H groups in total. The van der Waals surface area contributed by atoms with E-state index in [0.29, 0.717) is 12.1 Å². The van der Waals surface area contributed by atoms with Gasteiger partial charge in [-0.1, -0.05) is 30.3 Å². The zero-order valence-electron chi connectivity index (χ0n) is 16.0. The van der Waals surface area contributed by atoms with Crippen LogP contribution in [0.5, 0.6) is 0 Å². The van der Waals surface area contributed by atoms with Crippen molar-refractivity contribution < 1.29 is 39.5 Å². The first-order valence-electron chi connectivity index (χ1n) is 8.78. The summed E-state index contributed by atoms with van der Waals surface area (Å²) in [7, 11) is -4.06. The van der Waals surface area contributed by atoms with E-state index < -0.39 is 40.1 Å². The van der Waals surface area contributed by atoms with Gasteiger partial charge in [0.1, 0.15) is 0 Å². The molecule has 0 saturated heterocycles. The van der Waals surface area contributed by atoms with E-state index in [4.69, 9.17) is 0 Å². The van der Waals surface area contributed by atoms with Crippen molar-refractivity contribution in [3.63, 3.8) is 0 Å². The number of ether oxygens (including phenoxy) is 1. The molecule has 2 aromatic rings. The van der Waals surface area contributed by atoms with Gasteiger partial charge in [0.25, 0.3) is 15.6 Å². The summed E-state index contributed by atoms with van der Waals surface area (Å²) < 4.78 is 112. The summed E-state index contributed by atoms with van der Waals surface area (Å²) in [6.07, 6.45) is -11.6. The van der Waals surface area contributed by atoms with Crippen LogP contribution in [0.4, 0.5) is 32.0 Å². The molecule has 0 spiro atoms. The number of benzene rings is 2. The van der Waals surface area contributed by atoms with Gasteiger partial charge in [0.05, 0.1) is 10.6 Å². The maximum absolute atomic E-state index is 13.5. The van der Waals surface area contributed by atoms with Gasteiger partial charge in [-0.15, -0.1) is 0 Å². The fourth-order valence-corrected chi connectivity index (χ4v) is 4.52. The Kier molecular flexibility index (Phi) is 6.77. The van der Waals surface area contributed by atoms with Crippen LogP contribution < -0.4 is 4.31 Å². The summed E-state index contributed by atoms with van der Waals surface area (Å²) >= 11 is 0. The van der Waals surface area contributed by atoms with E-state index in [9.17, 15) is 34.8 Å². The van der Waals surface area contributed by atoms with Crippen molar-refractivity contribution in [2.75, 3.05) is 17.5 Å². The molecule has 11 heteroatoms. The molecule has 0 atom stereocenters. The minimum absolute atomic E-state index is 0.0647. The second kappa shape index (κ2) is 8.46. The fourth-order valence-electron chi connectivity index (χ4n) is 3.02. The van der Waals surface area contributed by atoms with Crippen LogP contribution in [-0.2, 0) is 20.4 Å². The molecule has 0 saturated carbocycles. The van der Waals surface area contributed by atoms with Crippen molar-refractivity contribution in [3.05, 3.63) is 60.2 Å². The number of hydrogen-bond acceptors (Lipinski definition) is 3. The molecule has 0 heterocycles. The third-order valence-electron chi connectivity index (χ3n) is 4.34. The molecular weight excluding hydrogens is 436 g/mol. The maximum Gasteiger partial charge on any atom is 0.430 e. The molecule has 0 fully saturated rings. The zero-order chi connectivity index (χ0) is 22.8. The topological polar surface area (TPSA) is 46.6 Å². The molecule has 2 rings (SSSR count). The lowest BCUT2D eigenvalue weighted by molar-refractivity contribution is -0.388. The normalized spacial score (nSPS) is 13.3. The third-order valence-corrected chi connectivity index (χ3v) is 6.26. The van der Waals surface area contributed by atoms with Gasteiger partial charge in [-0.2, -0.15) is 26.3 Å². The van der Waals surface area contributed by atoms with Gasteiger partial charge in [0.15, 0.2) is 0 Å². The molecule has 0 radical (unpaired) electrons. The summed E-state index contributed by atoms with van der Waals surface area (Å²) in [5.41, 5.74) is -5.80. The number of hydrogen-bond donors (Lipinski definition) is 0. The average Bonchev–Trinajstić information content (AvgIpc) is 2.66. The largest absolute Gasteiger partial charge is 0.430 e. The van der Waals surface area contributed by atoms with Gasteiger partial charge in [-0.3, -0.25) is 4.31 Å². The van der Waals surface area contributed by atoms with Gasteiger partial charge in [-0.25, -0.2) is 8.42 Å². The Labute approximate surface area is 170 Å². The van der Waals surface area contributed by atoms with Crippen molar-refractivity contribution in [2.45, 2.75) is 36.7 Å². The number of nitrogens with zero attached hydrogens (tertiary/aromatic N) is 1. The molecule has 0 amide bonds. The highest BCUT2D eigenvalue weighted by molar-refractivity contribution is 7.92. The van der Waals surface area contributed by atoms with Gasteiger partial charge in [-0.05, 0) is 38.1 Å². The predicted octanol–water partition coefficient (Wildman–Crippen LogP) is 5.26. The van der Waals surface area contributed by atoms with Crippen molar-refractivity contribution >= 4 is 15.7 Å². The standard InChI is InChI=1S/C19H19F6NO3S/c1-3-26(30(27,28)16-8-6-5-7-9-16)15-12-10-14(11-13-15)17(29-4-2,18(20,21)22)19(23,24)25/h5-13H,3-4H2,1-2H3. The van der Waals surface area contributed by atoms with Crippen LogP contribution in [0.3, 0.4) is 0 Å². The minimum atomic E-state index is -5.79. The SMILES string of the molecule is CCOC(c1ccc(N(CC)S(=O)(=O)c2ccccc2)cc1)(C(F)(F)F)C(F)(F)F. The Morgan fingerprint density at radius 2 is 1.33 bits per heavy atom. The molecular formula is C19H19F6NO3S. The summed E-state index contributed by atoms with van der Waals surface area (Å²) in [6.45, 7) is 1.58. The van der Waals surface area contributed by atoms with Crippen molar-refractivity contribution in [2.24, 2.45) is 0 Å². The lowest BCUT2D eigenvalue weighted by atomic mass is 9.91. The van der Waals surface area contributed by atoms with E-state index >= 15 is 0 Å². The van der Waals surface area contributed by atoms with Crippen molar-refractivity contribution in [1.29, 1.82) is 0 Å². The summed E-state index contributed by atoms with van der Waals surface area (Å²) in [6, 6.07) is 10.2. The Balaban J connectivity index is 2.57. The summed E-state index contributed by atoms with van der Waals surface area (Å²) in [5.74, 6) is 0. The first-order chi connectivity index (χ1) is 13.8. The molecule has 0 aliphatic carbocycles. The molecule has 30 heavy (non-hydrogen) atoms. The highest BCUT2D eigenvalue weighted by Crippen LogP contribution is 2.53. The van der Waals surface area contributed by atoms with Gasteiger partial charge in [0.2, 0.25) is 0 Å². The number of rotatable bonds is 7. The van der Waals surface area contributed by atoms with Crippen LogP contribution in [0.15, 0.2) is 59.5 Å². The van der Waals surface area contributed by atoms with E-state index in [0.717, 1.165) is 23.4 Å². The Morgan fingerprint density at radius 3 is 1.73 bits per heavy atom. The number of anilines is 1. The smallest absolute Gasteiger partial charge is 0.354 e. The van der Waals surface area contributed by atoms with E-state index in [1.54, 1.807) is 6.07 Å². The number of sulfonamides is 1. The number of alkyl halides is 6. The van der Waals surface area contributed by atoms with Gasteiger partial charge >= 0.3 is 12.4 Å². The first kappa shape index (κ1) is 24.0. The minimum Gasteiger partial charge on any atom is -0.354 e. The second-order valence-corrected chi connectivity index (χ2v) is 8.00. The van der Waals surface area contributed by atoms with Gasteiger partial charge < -0.3 is 4.74 Å². The third kappa shape index (κ3) is 4.13.